The summed E-state index contributed by atoms with van der Waals surface area (Å²) in [5.41, 5.74) is 8.21. The number of aliphatic hydroxyl groups is 1. The van der Waals surface area contributed by atoms with Gasteiger partial charge >= 0.3 is 0 Å². The summed E-state index contributed by atoms with van der Waals surface area (Å²) in [5.74, 6) is -0.318. The zero-order valence-corrected chi connectivity index (χ0v) is 27.2. The van der Waals surface area contributed by atoms with Crippen molar-refractivity contribution in [2.45, 2.75) is 70.1 Å². The highest BCUT2D eigenvalue weighted by atomic mass is 19.1. The normalized spacial score (nSPS) is 20.1. The van der Waals surface area contributed by atoms with Crippen LogP contribution >= 0.6 is 0 Å². The predicted molar refractivity (Wildman–Crippen MR) is 176 cm³/mol. The molecule has 2 aliphatic carbocycles. The molecule has 5 N–H and O–H groups in total. The van der Waals surface area contributed by atoms with Crippen LogP contribution < -0.4 is 25.8 Å². The van der Waals surface area contributed by atoms with Crippen LogP contribution in [0.4, 0.5) is 4.39 Å². The number of nitrogens with two attached hydrogens (primary N) is 1. The fourth-order valence-corrected chi connectivity index (χ4v) is 6.67. The van der Waals surface area contributed by atoms with Crippen molar-refractivity contribution in [3.8, 4) is 22.6 Å². The smallest absolute Gasteiger partial charge is 0.255 e. The first-order valence-corrected chi connectivity index (χ1v) is 16.0. The molecule has 252 valence electrons. The number of nitrogens with one attached hydrogen (secondary N) is 2. The summed E-state index contributed by atoms with van der Waals surface area (Å²) in [6.07, 6.45) is 6.41. The van der Waals surface area contributed by atoms with Gasteiger partial charge in [-0.25, -0.2) is 8.91 Å². The van der Waals surface area contributed by atoms with E-state index in [1.165, 1.54) is 13.1 Å². The predicted octanol–water partition coefficient (Wildman–Crippen LogP) is 3.73. The number of hydrogen-bond acceptors (Lipinski definition) is 7. The van der Waals surface area contributed by atoms with E-state index in [0.29, 0.717) is 28.1 Å². The first-order chi connectivity index (χ1) is 22.8. The lowest BCUT2D eigenvalue weighted by molar-refractivity contribution is -0.120. The minimum absolute atomic E-state index is 0.0195. The van der Waals surface area contributed by atoms with Gasteiger partial charge in [-0.1, -0.05) is 18.2 Å². The fourth-order valence-electron chi connectivity index (χ4n) is 6.67. The Balaban J connectivity index is 1.06. The van der Waals surface area contributed by atoms with Crippen LogP contribution in [0.2, 0.25) is 0 Å². The number of amides is 3. The van der Waals surface area contributed by atoms with Gasteiger partial charge in [0.15, 0.2) is 0 Å². The number of pyridine rings is 1. The van der Waals surface area contributed by atoms with Gasteiger partial charge < -0.3 is 30.9 Å². The Morgan fingerprint density at radius 3 is 2.48 bits per heavy atom. The number of nitrogens with zero attached hydrogens (tertiary/aromatic N) is 2. The van der Waals surface area contributed by atoms with E-state index in [9.17, 15) is 23.9 Å². The maximum absolute atomic E-state index is 14.4. The Labute approximate surface area is 277 Å². The van der Waals surface area contributed by atoms with E-state index in [0.717, 1.165) is 36.8 Å². The highest BCUT2D eigenvalue weighted by Crippen LogP contribution is 2.57. The molecule has 0 saturated heterocycles. The second-order valence-corrected chi connectivity index (χ2v) is 13.7. The molecule has 48 heavy (non-hydrogen) atoms. The number of aromatic nitrogens is 2. The van der Waals surface area contributed by atoms with E-state index in [1.807, 2.05) is 12.1 Å². The SMILES string of the molecule is CNC(=O)Cc1cc(-c2ccc(CC(N)=O)c(OC3CC4(CC(NC(=O)c5cnn6cc(OCC(C)(C)O)ccc56)C4)C3)c2)ccc1F. The van der Waals surface area contributed by atoms with Crippen LogP contribution in [0.5, 0.6) is 11.5 Å². The van der Waals surface area contributed by atoms with Crippen LogP contribution in [0.25, 0.3) is 16.6 Å². The van der Waals surface area contributed by atoms with Crippen LogP contribution in [-0.4, -0.2) is 63.8 Å². The number of primary amides is 1. The van der Waals surface area contributed by atoms with E-state index < -0.39 is 17.3 Å². The molecule has 2 heterocycles. The van der Waals surface area contributed by atoms with Crippen molar-refractivity contribution in [3.05, 3.63) is 83.4 Å². The van der Waals surface area contributed by atoms with Crippen molar-refractivity contribution in [1.82, 2.24) is 20.2 Å². The minimum atomic E-state index is -0.970. The van der Waals surface area contributed by atoms with Crippen LogP contribution in [-0.2, 0) is 22.4 Å². The molecule has 12 heteroatoms. The van der Waals surface area contributed by atoms with E-state index in [1.54, 1.807) is 61.1 Å². The van der Waals surface area contributed by atoms with Crippen molar-refractivity contribution in [3.63, 3.8) is 0 Å². The standard InChI is InChI=1S/C36H40FN5O6/c1-35(2,46)20-47-26-7-9-30-28(18-40-42(30)19-26)34(45)41-25-14-36(15-25)16-27(17-36)48-31-11-22(4-5-23(31)12-32(38)43)21-6-8-29(37)24(10-21)13-33(44)39-3/h4-11,18-19,25,27,46H,12-17,20H2,1-3H3,(H2,38,43)(H,39,44)(H,41,45). The van der Waals surface area contributed by atoms with Gasteiger partial charge in [-0.2, -0.15) is 5.10 Å². The molecule has 4 aromatic rings. The molecular formula is C36H40FN5O6. The third-order valence-corrected chi connectivity index (χ3v) is 9.08. The average molecular weight is 658 g/mol. The average Bonchev–Trinajstić information content (AvgIpc) is 3.42. The van der Waals surface area contributed by atoms with Gasteiger partial charge in [0, 0.05) is 18.7 Å². The van der Waals surface area contributed by atoms with Crippen molar-refractivity contribution in [1.29, 1.82) is 0 Å². The highest BCUT2D eigenvalue weighted by molar-refractivity contribution is 6.00. The molecule has 11 nitrogen and oxygen atoms in total. The molecule has 1 spiro atoms. The second kappa shape index (κ2) is 12.9. The van der Waals surface area contributed by atoms with Gasteiger partial charge in [-0.15, -0.1) is 0 Å². The molecule has 2 saturated carbocycles. The summed E-state index contributed by atoms with van der Waals surface area (Å²) in [6.45, 7) is 3.45. The number of rotatable bonds is 12. The summed E-state index contributed by atoms with van der Waals surface area (Å²) in [4.78, 5) is 36.8. The number of benzene rings is 2. The van der Waals surface area contributed by atoms with E-state index in [2.05, 4.69) is 15.7 Å². The Morgan fingerprint density at radius 1 is 1.04 bits per heavy atom. The number of carbonyl (C=O) groups is 3. The van der Waals surface area contributed by atoms with E-state index in [4.69, 9.17) is 15.2 Å². The van der Waals surface area contributed by atoms with Crippen LogP contribution in [0.1, 0.15) is 61.0 Å². The summed E-state index contributed by atoms with van der Waals surface area (Å²) in [6, 6.07) is 13.7. The van der Waals surface area contributed by atoms with Gasteiger partial charge in [0.1, 0.15) is 23.9 Å². The van der Waals surface area contributed by atoms with E-state index >= 15 is 0 Å². The number of carbonyl (C=O) groups excluding carboxylic acids is 3. The molecular weight excluding hydrogens is 617 g/mol. The Bertz CT molecular complexity index is 1870. The summed E-state index contributed by atoms with van der Waals surface area (Å²) >= 11 is 0. The number of hydrogen-bond donors (Lipinski definition) is 4. The lowest BCUT2D eigenvalue weighted by Crippen LogP contribution is -2.58. The molecule has 3 amide bonds. The Kier molecular flexibility index (Phi) is 8.86. The molecule has 6 rings (SSSR count). The molecule has 2 aromatic carbocycles. The molecule has 2 aliphatic rings. The van der Waals surface area contributed by atoms with Crippen molar-refractivity contribution >= 4 is 23.2 Å². The lowest BCUT2D eigenvalue weighted by Gasteiger charge is -2.57. The third-order valence-electron chi connectivity index (χ3n) is 9.08. The van der Waals surface area contributed by atoms with Gasteiger partial charge in [0.2, 0.25) is 11.8 Å². The molecule has 0 bridgehead atoms. The third kappa shape index (κ3) is 7.28. The zero-order valence-electron chi connectivity index (χ0n) is 27.2. The number of halogens is 1. The van der Waals surface area contributed by atoms with Crippen LogP contribution in [0.3, 0.4) is 0 Å². The molecule has 0 aliphatic heterocycles. The van der Waals surface area contributed by atoms with Gasteiger partial charge in [-0.3, -0.25) is 14.4 Å². The monoisotopic (exact) mass is 657 g/mol. The largest absolute Gasteiger partial charge is 0.490 e. The molecule has 0 radical (unpaired) electrons. The van der Waals surface area contributed by atoms with Crippen LogP contribution in [0, 0.1) is 11.2 Å². The van der Waals surface area contributed by atoms with Gasteiger partial charge in [-0.05, 0) is 92.0 Å². The quantitative estimate of drug-likeness (QED) is 0.181. The van der Waals surface area contributed by atoms with Crippen LogP contribution in [0.15, 0.2) is 60.9 Å². The topological polar surface area (TPSA) is 157 Å². The maximum Gasteiger partial charge on any atom is 0.255 e. The van der Waals surface area contributed by atoms with Crippen molar-refractivity contribution in [2.24, 2.45) is 11.1 Å². The molecule has 0 atom stereocenters. The first kappa shape index (κ1) is 33.0. The maximum atomic E-state index is 14.4. The Morgan fingerprint density at radius 2 is 1.77 bits per heavy atom. The fraction of sp³-hybridized carbons (Fsp3) is 0.389. The minimum Gasteiger partial charge on any atom is -0.490 e. The number of ether oxygens (including phenoxy) is 2. The van der Waals surface area contributed by atoms with Gasteiger partial charge in [0.25, 0.3) is 5.91 Å². The molecule has 2 aromatic heterocycles. The molecule has 0 unspecified atom stereocenters. The Hall–Kier alpha value is -4.97. The first-order valence-electron chi connectivity index (χ1n) is 16.0. The summed E-state index contributed by atoms with van der Waals surface area (Å²) < 4.78 is 28.0. The van der Waals surface area contributed by atoms with Crippen molar-refractivity contribution < 1.29 is 33.4 Å². The zero-order chi connectivity index (χ0) is 34.2. The summed E-state index contributed by atoms with van der Waals surface area (Å²) in [7, 11) is 1.51. The number of fused-ring (bicyclic) bond motifs is 1. The van der Waals surface area contributed by atoms with Crippen molar-refractivity contribution in [2.75, 3.05) is 13.7 Å². The highest BCUT2D eigenvalue weighted by Gasteiger charge is 2.54. The van der Waals surface area contributed by atoms with Gasteiger partial charge in [0.05, 0.1) is 48.0 Å². The molecule has 2 fully saturated rings. The van der Waals surface area contributed by atoms with E-state index in [-0.39, 0.29) is 54.4 Å². The second-order valence-electron chi connectivity index (χ2n) is 13.7. The summed E-state index contributed by atoms with van der Waals surface area (Å²) in [5, 5.41) is 19.9. The lowest BCUT2D eigenvalue weighted by atomic mass is 9.53. The number of likely N-dealkylation sites (N-methyl/N-ethyl adjacent to an activating group) is 1.